The average Bonchev–Trinajstić information content (AvgIpc) is 2.82. The fraction of sp³-hybridized carbons (Fsp3) is 0.214. The standard InChI is InChI=1S/C14H14N2S/c1-10-4-3-5-14(13(10)8-15)16-11(2)12-6-7-17-9-12/h3-7,9,11,16H,1-2H3. The van der Waals surface area contributed by atoms with E-state index in [2.05, 4.69) is 35.1 Å². The first-order valence-corrected chi connectivity index (χ1v) is 6.45. The van der Waals surface area contributed by atoms with Gasteiger partial charge >= 0.3 is 0 Å². The Morgan fingerprint density at radius 1 is 1.35 bits per heavy atom. The highest BCUT2D eigenvalue weighted by Crippen LogP contribution is 2.25. The Morgan fingerprint density at radius 2 is 2.18 bits per heavy atom. The highest BCUT2D eigenvalue weighted by atomic mass is 32.1. The van der Waals surface area contributed by atoms with Gasteiger partial charge in [0.05, 0.1) is 11.3 Å². The first kappa shape index (κ1) is 11.7. The minimum atomic E-state index is 0.218. The second-order valence-corrected chi connectivity index (χ2v) is 4.81. The summed E-state index contributed by atoms with van der Waals surface area (Å²) in [6.45, 7) is 4.06. The van der Waals surface area contributed by atoms with Crippen molar-refractivity contribution >= 4 is 17.0 Å². The molecular formula is C14H14N2S. The minimum absolute atomic E-state index is 0.218. The summed E-state index contributed by atoms with van der Waals surface area (Å²) >= 11 is 1.69. The van der Waals surface area contributed by atoms with Crippen molar-refractivity contribution in [2.24, 2.45) is 0 Å². The first-order valence-electron chi connectivity index (χ1n) is 5.50. The summed E-state index contributed by atoms with van der Waals surface area (Å²) < 4.78 is 0. The van der Waals surface area contributed by atoms with Crippen molar-refractivity contribution in [1.29, 1.82) is 5.26 Å². The van der Waals surface area contributed by atoms with Gasteiger partial charge in [-0.15, -0.1) is 0 Å². The number of nitrogens with zero attached hydrogens (tertiary/aromatic N) is 1. The number of aryl methyl sites for hydroxylation is 1. The van der Waals surface area contributed by atoms with Gasteiger partial charge in [-0.1, -0.05) is 12.1 Å². The molecule has 0 saturated carbocycles. The summed E-state index contributed by atoms with van der Waals surface area (Å²) in [5.41, 5.74) is 3.90. The predicted octanol–water partition coefficient (Wildman–Crippen LogP) is 4.10. The van der Waals surface area contributed by atoms with Crippen LogP contribution in [0.5, 0.6) is 0 Å². The number of thiophene rings is 1. The maximum Gasteiger partial charge on any atom is 0.102 e. The van der Waals surface area contributed by atoms with Crippen LogP contribution in [0.4, 0.5) is 5.69 Å². The summed E-state index contributed by atoms with van der Waals surface area (Å²) in [7, 11) is 0. The average molecular weight is 242 g/mol. The summed E-state index contributed by atoms with van der Waals surface area (Å²) in [6.07, 6.45) is 0. The number of benzene rings is 1. The van der Waals surface area contributed by atoms with Crippen LogP contribution in [0.3, 0.4) is 0 Å². The van der Waals surface area contributed by atoms with Gasteiger partial charge < -0.3 is 5.32 Å². The summed E-state index contributed by atoms with van der Waals surface area (Å²) in [5.74, 6) is 0. The van der Waals surface area contributed by atoms with Crippen LogP contribution in [0.2, 0.25) is 0 Å². The van der Waals surface area contributed by atoms with Gasteiger partial charge in [0.15, 0.2) is 0 Å². The van der Waals surface area contributed by atoms with Crippen molar-refractivity contribution in [1.82, 2.24) is 0 Å². The van der Waals surface area contributed by atoms with Crippen LogP contribution in [0.15, 0.2) is 35.0 Å². The molecule has 1 aromatic heterocycles. The van der Waals surface area contributed by atoms with E-state index in [1.807, 2.05) is 25.1 Å². The van der Waals surface area contributed by atoms with Crippen LogP contribution >= 0.6 is 11.3 Å². The fourth-order valence-corrected chi connectivity index (χ4v) is 2.53. The molecule has 0 aliphatic heterocycles. The van der Waals surface area contributed by atoms with Gasteiger partial charge in [-0.2, -0.15) is 16.6 Å². The molecule has 2 nitrogen and oxygen atoms in total. The molecule has 0 aliphatic rings. The SMILES string of the molecule is Cc1cccc(NC(C)c2ccsc2)c1C#N. The van der Waals surface area contributed by atoms with Crippen molar-refractivity contribution < 1.29 is 0 Å². The van der Waals surface area contributed by atoms with E-state index < -0.39 is 0 Å². The second kappa shape index (κ2) is 5.03. The smallest absolute Gasteiger partial charge is 0.102 e. The van der Waals surface area contributed by atoms with E-state index in [4.69, 9.17) is 5.26 Å². The van der Waals surface area contributed by atoms with Crippen molar-refractivity contribution in [2.45, 2.75) is 19.9 Å². The predicted molar refractivity (Wildman–Crippen MR) is 72.3 cm³/mol. The zero-order chi connectivity index (χ0) is 12.3. The molecule has 2 rings (SSSR count). The Balaban J connectivity index is 2.25. The van der Waals surface area contributed by atoms with Gasteiger partial charge in [0, 0.05) is 6.04 Å². The van der Waals surface area contributed by atoms with Crippen molar-refractivity contribution in [3.8, 4) is 6.07 Å². The van der Waals surface area contributed by atoms with Crippen molar-refractivity contribution in [2.75, 3.05) is 5.32 Å². The fourth-order valence-electron chi connectivity index (χ4n) is 1.77. The molecule has 3 heteroatoms. The zero-order valence-corrected chi connectivity index (χ0v) is 10.7. The van der Waals surface area contributed by atoms with E-state index >= 15 is 0 Å². The maximum absolute atomic E-state index is 9.15. The van der Waals surface area contributed by atoms with Crippen molar-refractivity contribution in [3.63, 3.8) is 0 Å². The molecule has 17 heavy (non-hydrogen) atoms. The van der Waals surface area contributed by atoms with E-state index in [0.717, 1.165) is 16.8 Å². The molecule has 0 spiro atoms. The molecule has 0 amide bonds. The van der Waals surface area contributed by atoms with Crippen LogP contribution in [0.1, 0.15) is 29.7 Å². The highest BCUT2D eigenvalue weighted by Gasteiger charge is 2.09. The third-order valence-electron chi connectivity index (χ3n) is 2.80. The lowest BCUT2D eigenvalue weighted by Gasteiger charge is -2.16. The molecule has 1 N–H and O–H groups in total. The number of nitriles is 1. The molecule has 0 saturated heterocycles. The van der Waals surface area contributed by atoms with Gasteiger partial charge in [-0.05, 0) is 47.9 Å². The van der Waals surface area contributed by atoms with Gasteiger partial charge in [0.1, 0.15) is 6.07 Å². The molecule has 0 radical (unpaired) electrons. The van der Waals surface area contributed by atoms with E-state index in [0.29, 0.717) is 0 Å². The van der Waals surface area contributed by atoms with Gasteiger partial charge in [0.2, 0.25) is 0 Å². The lowest BCUT2D eigenvalue weighted by Crippen LogP contribution is -2.07. The largest absolute Gasteiger partial charge is 0.377 e. The van der Waals surface area contributed by atoms with E-state index in [1.165, 1.54) is 5.56 Å². The number of hydrogen-bond donors (Lipinski definition) is 1. The minimum Gasteiger partial charge on any atom is -0.377 e. The second-order valence-electron chi connectivity index (χ2n) is 4.03. The zero-order valence-electron chi connectivity index (χ0n) is 9.90. The molecule has 1 aromatic carbocycles. The van der Waals surface area contributed by atoms with Crippen LogP contribution in [0, 0.1) is 18.3 Å². The molecule has 86 valence electrons. The monoisotopic (exact) mass is 242 g/mol. The number of anilines is 1. The molecule has 2 aromatic rings. The first-order chi connectivity index (χ1) is 8.22. The number of nitrogens with one attached hydrogen (secondary N) is 1. The number of rotatable bonds is 3. The highest BCUT2D eigenvalue weighted by molar-refractivity contribution is 7.07. The van der Waals surface area contributed by atoms with Crippen LogP contribution in [-0.2, 0) is 0 Å². The summed E-state index contributed by atoms with van der Waals surface area (Å²) in [6, 6.07) is 10.5. The molecular weight excluding hydrogens is 228 g/mol. The third kappa shape index (κ3) is 2.48. The molecule has 1 heterocycles. The molecule has 0 bridgehead atoms. The molecule has 0 fully saturated rings. The number of hydrogen-bond acceptors (Lipinski definition) is 3. The third-order valence-corrected chi connectivity index (χ3v) is 3.50. The summed E-state index contributed by atoms with van der Waals surface area (Å²) in [4.78, 5) is 0. The Bertz CT molecular complexity index is 538. The molecule has 1 atom stereocenters. The van der Waals surface area contributed by atoms with Gasteiger partial charge in [-0.25, -0.2) is 0 Å². The van der Waals surface area contributed by atoms with Crippen molar-refractivity contribution in [3.05, 3.63) is 51.7 Å². The Kier molecular flexibility index (Phi) is 3.46. The molecule has 1 unspecified atom stereocenters. The summed E-state index contributed by atoms with van der Waals surface area (Å²) in [5, 5.41) is 16.7. The Morgan fingerprint density at radius 3 is 2.82 bits per heavy atom. The van der Waals surface area contributed by atoms with E-state index in [-0.39, 0.29) is 6.04 Å². The van der Waals surface area contributed by atoms with Crippen LogP contribution in [-0.4, -0.2) is 0 Å². The normalized spacial score (nSPS) is 11.8. The lowest BCUT2D eigenvalue weighted by molar-refractivity contribution is 0.889. The Labute approximate surface area is 106 Å². The topological polar surface area (TPSA) is 35.8 Å². The quantitative estimate of drug-likeness (QED) is 0.879. The molecule has 0 aliphatic carbocycles. The van der Waals surface area contributed by atoms with Crippen LogP contribution < -0.4 is 5.32 Å². The van der Waals surface area contributed by atoms with Gasteiger partial charge in [0.25, 0.3) is 0 Å². The maximum atomic E-state index is 9.15. The lowest BCUT2D eigenvalue weighted by atomic mass is 10.1. The van der Waals surface area contributed by atoms with Crippen LogP contribution in [0.25, 0.3) is 0 Å². The Hall–Kier alpha value is -1.79. The van der Waals surface area contributed by atoms with E-state index in [1.54, 1.807) is 11.3 Å². The van der Waals surface area contributed by atoms with E-state index in [9.17, 15) is 0 Å². The van der Waals surface area contributed by atoms with Gasteiger partial charge in [-0.3, -0.25) is 0 Å².